The smallest absolute Gasteiger partial charge is 0.409 e. The number of primary amides is 1. The van der Waals surface area contributed by atoms with Gasteiger partial charge in [-0.3, -0.25) is 0 Å². The van der Waals surface area contributed by atoms with Crippen molar-refractivity contribution in [3.63, 3.8) is 0 Å². The average Bonchev–Trinajstić information content (AvgIpc) is 2.24. The fourth-order valence-corrected chi connectivity index (χ4v) is 2.46. The Hall–Kier alpha value is -1.49. The Balaban J connectivity index is 3.05. The molecule has 112 valence electrons. The van der Waals surface area contributed by atoms with Gasteiger partial charge in [0.25, 0.3) is 0 Å². The van der Waals surface area contributed by atoms with Crippen LogP contribution in [-0.2, 0) is 5.41 Å². The maximum absolute atomic E-state index is 11.0. The van der Waals surface area contributed by atoms with Gasteiger partial charge in [-0.1, -0.05) is 41.5 Å². The van der Waals surface area contributed by atoms with E-state index in [2.05, 4.69) is 41.5 Å². The van der Waals surface area contributed by atoms with E-state index in [4.69, 9.17) is 14.9 Å². The monoisotopic (exact) mass is 295 g/mol. The van der Waals surface area contributed by atoms with Gasteiger partial charge in [0.15, 0.2) is 0 Å². The van der Waals surface area contributed by atoms with Crippen molar-refractivity contribution in [2.75, 3.05) is 0 Å². The lowest BCUT2D eigenvalue weighted by Gasteiger charge is -2.24. The highest BCUT2D eigenvalue weighted by Gasteiger charge is 2.21. The molecule has 0 aliphatic heterocycles. The minimum absolute atomic E-state index is 0.159. The molecule has 0 saturated carbocycles. The van der Waals surface area contributed by atoms with Crippen LogP contribution >= 0.6 is 0 Å². The average molecular weight is 295 g/mol. The first kappa shape index (κ1) is 16.6. The van der Waals surface area contributed by atoms with Crippen LogP contribution in [0.1, 0.15) is 47.1 Å². The number of amides is 1. The second kappa shape index (κ2) is 5.87. The highest BCUT2D eigenvalue weighted by atomic mass is 28.2. The largest absolute Gasteiger partial charge is 0.549 e. The van der Waals surface area contributed by atoms with Crippen LogP contribution in [0.4, 0.5) is 4.79 Å². The third-order valence-corrected chi connectivity index (χ3v) is 3.99. The van der Waals surface area contributed by atoms with Gasteiger partial charge in [-0.2, -0.15) is 0 Å². The first-order chi connectivity index (χ1) is 8.99. The summed E-state index contributed by atoms with van der Waals surface area (Å²) in [6, 6.07) is 5.51. The van der Waals surface area contributed by atoms with E-state index in [0.29, 0.717) is 5.75 Å². The SMILES string of the molecule is CC(C)(C)[SiH2]Oc1ccc(OC(N)=O)c(C(C)(C)C)c1. The molecule has 0 aromatic heterocycles. The molecule has 1 rings (SSSR count). The quantitative estimate of drug-likeness (QED) is 0.871. The zero-order valence-electron chi connectivity index (χ0n) is 13.2. The second-order valence-electron chi connectivity index (χ2n) is 7.18. The van der Waals surface area contributed by atoms with Crippen LogP contribution in [0.25, 0.3) is 0 Å². The van der Waals surface area contributed by atoms with Crippen molar-refractivity contribution in [1.82, 2.24) is 0 Å². The molecule has 0 heterocycles. The number of carbonyl (C=O) groups excluding carboxylic acids is 1. The summed E-state index contributed by atoms with van der Waals surface area (Å²) in [6.45, 7) is 12.7. The first-order valence-electron chi connectivity index (χ1n) is 6.74. The summed E-state index contributed by atoms with van der Waals surface area (Å²) in [7, 11) is -0.675. The maximum atomic E-state index is 11.0. The van der Waals surface area contributed by atoms with Crippen LogP contribution in [0.3, 0.4) is 0 Å². The minimum atomic E-state index is -0.798. The van der Waals surface area contributed by atoms with Gasteiger partial charge in [0.05, 0.1) is 0 Å². The minimum Gasteiger partial charge on any atom is -0.549 e. The third kappa shape index (κ3) is 5.25. The van der Waals surface area contributed by atoms with Crippen molar-refractivity contribution in [3.8, 4) is 11.5 Å². The lowest BCUT2D eigenvalue weighted by molar-refractivity contribution is 0.210. The van der Waals surface area contributed by atoms with E-state index in [1.807, 2.05) is 12.1 Å². The van der Waals surface area contributed by atoms with Crippen LogP contribution in [0, 0.1) is 0 Å². The third-order valence-electron chi connectivity index (χ3n) is 2.64. The number of ether oxygens (including phenoxy) is 1. The van der Waals surface area contributed by atoms with Crippen LogP contribution < -0.4 is 14.9 Å². The number of nitrogens with two attached hydrogens (primary N) is 1. The molecular weight excluding hydrogens is 270 g/mol. The van der Waals surface area contributed by atoms with Crippen LogP contribution in [0.15, 0.2) is 18.2 Å². The molecule has 0 aliphatic rings. The zero-order valence-corrected chi connectivity index (χ0v) is 14.7. The Morgan fingerprint density at radius 2 is 1.75 bits per heavy atom. The van der Waals surface area contributed by atoms with Gasteiger partial charge < -0.3 is 14.9 Å². The van der Waals surface area contributed by atoms with Crippen molar-refractivity contribution >= 4 is 15.9 Å². The van der Waals surface area contributed by atoms with Crippen LogP contribution in [-0.4, -0.2) is 15.9 Å². The van der Waals surface area contributed by atoms with E-state index in [9.17, 15) is 4.79 Å². The highest BCUT2D eigenvalue weighted by Crippen LogP contribution is 2.35. The topological polar surface area (TPSA) is 61.6 Å². The lowest BCUT2D eigenvalue weighted by Crippen LogP contribution is -2.21. The molecule has 0 unspecified atom stereocenters. The van der Waals surface area contributed by atoms with E-state index >= 15 is 0 Å². The van der Waals surface area contributed by atoms with Crippen molar-refractivity contribution < 1.29 is 14.0 Å². The molecule has 2 N–H and O–H groups in total. The first-order valence-corrected chi connectivity index (χ1v) is 8.02. The van der Waals surface area contributed by atoms with E-state index in [1.165, 1.54) is 0 Å². The summed E-state index contributed by atoms with van der Waals surface area (Å²) < 4.78 is 11.0. The van der Waals surface area contributed by atoms with E-state index in [-0.39, 0.29) is 10.5 Å². The molecule has 0 atom stereocenters. The zero-order chi connectivity index (χ0) is 15.6. The number of benzene rings is 1. The van der Waals surface area contributed by atoms with Crippen molar-refractivity contribution in [3.05, 3.63) is 23.8 Å². The van der Waals surface area contributed by atoms with Crippen LogP contribution in [0.5, 0.6) is 11.5 Å². The van der Waals surface area contributed by atoms with E-state index in [0.717, 1.165) is 11.3 Å². The maximum Gasteiger partial charge on any atom is 0.409 e. The normalized spacial score (nSPS) is 12.7. The Bertz CT molecular complexity index is 487. The Morgan fingerprint density at radius 1 is 1.15 bits per heavy atom. The van der Waals surface area contributed by atoms with E-state index < -0.39 is 15.9 Å². The molecule has 0 bridgehead atoms. The fourth-order valence-electron chi connectivity index (χ4n) is 1.68. The molecule has 0 spiro atoms. The molecule has 4 nitrogen and oxygen atoms in total. The van der Waals surface area contributed by atoms with Gasteiger partial charge in [-0.05, 0) is 28.7 Å². The number of rotatable bonds is 3. The van der Waals surface area contributed by atoms with Gasteiger partial charge in [-0.25, -0.2) is 4.79 Å². The Labute approximate surface area is 123 Å². The van der Waals surface area contributed by atoms with Gasteiger partial charge >= 0.3 is 6.09 Å². The molecular formula is C15H25NO3Si. The predicted octanol–water partition coefficient (Wildman–Crippen LogP) is 3.12. The number of hydrogen-bond acceptors (Lipinski definition) is 3. The summed E-state index contributed by atoms with van der Waals surface area (Å²) in [5.41, 5.74) is 5.86. The standard InChI is InChI=1S/C15H25NO3Si/c1-14(2,3)11-9-10(19-20-15(4,5)6)7-8-12(11)18-13(16)17/h7-9H,20H2,1-6H3,(H2,16,17). The summed E-state index contributed by atoms with van der Waals surface area (Å²) in [5.74, 6) is 1.32. The predicted molar refractivity (Wildman–Crippen MR) is 84.2 cm³/mol. The van der Waals surface area contributed by atoms with Crippen molar-refractivity contribution in [2.24, 2.45) is 5.73 Å². The summed E-state index contributed by atoms with van der Waals surface area (Å²) >= 11 is 0. The Morgan fingerprint density at radius 3 is 2.20 bits per heavy atom. The second-order valence-corrected chi connectivity index (χ2v) is 9.88. The molecule has 20 heavy (non-hydrogen) atoms. The van der Waals surface area contributed by atoms with Crippen molar-refractivity contribution in [1.29, 1.82) is 0 Å². The van der Waals surface area contributed by atoms with Crippen molar-refractivity contribution in [2.45, 2.75) is 52.0 Å². The number of carbonyl (C=O) groups is 1. The number of hydrogen-bond donors (Lipinski definition) is 1. The summed E-state index contributed by atoms with van der Waals surface area (Å²) in [6.07, 6.45) is -0.798. The molecule has 1 aromatic rings. The fraction of sp³-hybridized carbons (Fsp3) is 0.533. The molecule has 1 aromatic carbocycles. The van der Waals surface area contributed by atoms with Gasteiger partial charge in [0, 0.05) is 5.56 Å². The highest BCUT2D eigenvalue weighted by molar-refractivity contribution is 6.32. The molecule has 0 fully saturated rings. The molecule has 1 amide bonds. The molecule has 0 saturated heterocycles. The molecule has 0 radical (unpaired) electrons. The lowest BCUT2D eigenvalue weighted by atomic mass is 9.86. The Kier molecular flexibility index (Phi) is 4.86. The summed E-state index contributed by atoms with van der Waals surface area (Å²) in [4.78, 5) is 11.0. The molecule has 5 heteroatoms. The van der Waals surface area contributed by atoms with Gasteiger partial charge in [0.2, 0.25) is 9.76 Å². The molecule has 0 aliphatic carbocycles. The van der Waals surface area contributed by atoms with Gasteiger partial charge in [-0.15, -0.1) is 0 Å². The van der Waals surface area contributed by atoms with E-state index in [1.54, 1.807) is 6.07 Å². The van der Waals surface area contributed by atoms with Crippen LogP contribution in [0.2, 0.25) is 5.04 Å². The summed E-state index contributed by atoms with van der Waals surface area (Å²) in [5, 5.41) is 0.226. The van der Waals surface area contributed by atoms with Gasteiger partial charge in [0.1, 0.15) is 11.5 Å².